The number of hydrogen-bond donors (Lipinski definition) is 0. The summed E-state index contributed by atoms with van der Waals surface area (Å²) in [5.41, 5.74) is 2.83. The second kappa shape index (κ2) is 8.98. The molecule has 0 aliphatic carbocycles. The molecule has 4 heterocycles. The second-order valence-electron chi connectivity index (χ2n) is 7.67. The molecule has 0 saturated heterocycles. The zero-order valence-electron chi connectivity index (χ0n) is 17.7. The van der Waals surface area contributed by atoms with E-state index in [1.54, 1.807) is 22.7 Å². The van der Waals surface area contributed by atoms with Gasteiger partial charge in [-0.25, -0.2) is 5.01 Å². The number of anilines is 1. The number of halogens is 1. The summed E-state index contributed by atoms with van der Waals surface area (Å²) >= 11 is 9.60. The van der Waals surface area contributed by atoms with Crippen LogP contribution in [0.5, 0.6) is 0 Å². The first-order chi connectivity index (χ1) is 15.5. The van der Waals surface area contributed by atoms with Crippen LogP contribution in [0.3, 0.4) is 0 Å². The van der Waals surface area contributed by atoms with Gasteiger partial charge in [-0.1, -0.05) is 23.7 Å². The van der Waals surface area contributed by atoms with Crippen molar-refractivity contribution in [2.24, 2.45) is 5.10 Å². The maximum Gasteiger partial charge on any atom is 0.172 e. The third-order valence-corrected chi connectivity index (χ3v) is 7.57. The van der Waals surface area contributed by atoms with Crippen molar-refractivity contribution in [1.82, 2.24) is 10.2 Å². The van der Waals surface area contributed by atoms with Gasteiger partial charge in [0.2, 0.25) is 0 Å². The molecule has 7 heteroatoms. The molecule has 1 aromatic carbocycles. The Kier molecular flexibility index (Phi) is 5.91. The molecule has 4 nitrogen and oxygen atoms in total. The summed E-state index contributed by atoms with van der Waals surface area (Å²) < 4.78 is 0. The minimum Gasteiger partial charge on any atom is -0.237 e. The van der Waals surface area contributed by atoms with Gasteiger partial charge in [0.1, 0.15) is 0 Å². The maximum absolute atomic E-state index is 6.00. The van der Waals surface area contributed by atoms with Crippen molar-refractivity contribution >= 4 is 51.9 Å². The summed E-state index contributed by atoms with van der Waals surface area (Å²) in [6.45, 7) is 4.26. The van der Waals surface area contributed by atoms with Crippen LogP contribution in [0.15, 0.2) is 71.8 Å². The van der Waals surface area contributed by atoms with Crippen LogP contribution < -0.4 is 5.01 Å². The Morgan fingerprint density at radius 3 is 2.31 bits per heavy atom. The normalized spacial score (nSPS) is 16.2. The zero-order valence-corrected chi connectivity index (χ0v) is 20.1. The van der Waals surface area contributed by atoms with Crippen LogP contribution in [0.2, 0.25) is 5.02 Å². The summed E-state index contributed by atoms with van der Waals surface area (Å²) in [5, 5.41) is 16.6. The molecule has 1 atom stereocenters. The van der Waals surface area contributed by atoms with E-state index >= 15 is 0 Å². The Balaban J connectivity index is 1.44. The number of hydrogen-bond acceptors (Lipinski definition) is 6. The third kappa shape index (κ3) is 4.53. The first kappa shape index (κ1) is 21.1. The third-order valence-electron chi connectivity index (χ3n) is 5.25. The molecule has 0 fully saturated rings. The van der Waals surface area contributed by atoms with Gasteiger partial charge in [0, 0.05) is 36.5 Å². The van der Waals surface area contributed by atoms with E-state index in [0.29, 0.717) is 5.02 Å². The number of aromatic nitrogens is 2. The van der Waals surface area contributed by atoms with Crippen molar-refractivity contribution in [2.75, 3.05) is 5.01 Å². The number of allylic oxidation sites excluding steroid dienone is 1. The van der Waals surface area contributed by atoms with Crippen LogP contribution >= 0.6 is 34.3 Å². The lowest BCUT2D eigenvalue weighted by molar-refractivity contribution is 0.703. The fourth-order valence-electron chi connectivity index (χ4n) is 3.64. The van der Waals surface area contributed by atoms with E-state index in [4.69, 9.17) is 16.7 Å². The molecule has 0 N–H and O–H groups in total. The van der Waals surface area contributed by atoms with Crippen molar-refractivity contribution < 1.29 is 0 Å². The Hall–Kier alpha value is -2.80. The quantitative estimate of drug-likeness (QED) is 0.298. The summed E-state index contributed by atoms with van der Waals surface area (Å²) in [7, 11) is 0. The van der Waals surface area contributed by atoms with Gasteiger partial charge < -0.3 is 0 Å². The van der Waals surface area contributed by atoms with Gasteiger partial charge in [-0.2, -0.15) is 5.10 Å². The Labute approximate surface area is 200 Å². The van der Waals surface area contributed by atoms with E-state index < -0.39 is 0 Å². The summed E-state index contributed by atoms with van der Waals surface area (Å²) in [4.78, 5) is 5.12. The van der Waals surface area contributed by atoms with Gasteiger partial charge in [-0.05, 0) is 74.5 Å². The minimum absolute atomic E-state index is 0.120. The van der Waals surface area contributed by atoms with Gasteiger partial charge in [-0.3, -0.25) is 0 Å². The van der Waals surface area contributed by atoms with Crippen LogP contribution in [0.1, 0.15) is 32.0 Å². The highest BCUT2D eigenvalue weighted by Gasteiger charge is 2.30. The Bertz CT molecular complexity index is 1290. The van der Waals surface area contributed by atoms with Crippen molar-refractivity contribution in [1.29, 1.82) is 0 Å². The molecular formula is C25H21ClN4S2. The molecule has 32 heavy (non-hydrogen) atoms. The van der Waals surface area contributed by atoms with Crippen LogP contribution in [0.4, 0.5) is 5.82 Å². The fourth-order valence-corrected chi connectivity index (χ4v) is 5.51. The highest BCUT2D eigenvalue weighted by atomic mass is 35.5. The lowest BCUT2D eigenvalue weighted by Gasteiger charge is -2.21. The average Bonchev–Trinajstić information content (AvgIpc) is 3.53. The average molecular weight is 477 g/mol. The molecular weight excluding hydrogens is 456 g/mol. The van der Waals surface area contributed by atoms with Crippen molar-refractivity contribution in [2.45, 2.75) is 26.3 Å². The van der Waals surface area contributed by atoms with Gasteiger partial charge >= 0.3 is 0 Å². The highest BCUT2D eigenvalue weighted by Crippen LogP contribution is 2.38. The fraction of sp³-hybridized carbons (Fsp3) is 0.160. The Morgan fingerprint density at radius 1 is 0.875 bits per heavy atom. The maximum atomic E-state index is 6.00. The van der Waals surface area contributed by atoms with Gasteiger partial charge in [0.25, 0.3) is 0 Å². The van der Waals surface area contributed by atoms with Crippen molar-refractivity contribution in [3.63, 3.8) is 0 Å². The second-order valence-corrected chi connectivity index (χ2v) is 10.7. The Morgan fingerprint density at radius 2 is 1.66 bits per heavy atom. The van der Waals surface area contributed by atoms with E-state index in [-0.39, 0.29) is 6.04 Å². The van der Waals surface area contributed by atoms with Crippen LogP contribution in [-0.4, -0.2) is 15.9 Å². The number of hydrazone groups is 1. The first-order valence-corrected chi connectivity index (χ1v) is 12.3. The smallest absolute Gasteiger partial charge is 0.172 e. The van der Waals surface area contributed by atoms with E-state index in [1.165, 1.54) is 19.5 Å². The molecule has 4 aromatic rings. The molecule has 1 aliphatic rings. The number of thiophene rings is 2. The lowest BCUT2D eigenvalue weighted by atomic mass is 10.1. The molecule has 0 spiro atoms. The lowest BCUT2D eigenvalue weighted by Crippen LogP contribution is -2.19. The topological polar surface area (TPSA) is 41.4 Å². The predicted octanol–water partition coefficient (Wildman–Crippen LogP) is 7.56. The molecule has 1 unspecified atom stereocenters. The van der Waals surface area contributed by atoms with Crippen molar-refractivity contribution in [3.05, 3.63) is 91.3 Å². The van der Waals surface area contributed by atoms with Crippen LogP contribution in [0, 0.1) is 13.8 Å². The predicted molar refractivity (Wildman–Crippen MR) is 137 cm³/mol. The molecule has 1 aliphatic heterocycles. The molecule has 0 radical (unpaired) electrons. The number of nitrogens with zero attached hydrogens (tertiary/aromatic N) is 4. The van der Waals surface area contributed by atoms with Gasteiger partial charge in [0.15, 0.2) is 5.82 Å². The van der Waals surface area contributed by atoms with Crippen LogP contribution in [0.25, 0.3) is 17.3 Å². The molecule has 5 rings (SSSR count). The number of rotatable bonds is 5. The zero-order chi connectivity index (χ0) is 22.1. The van der Waals surface area contributed by atoms with E-state index in [9.17, 15) is 0 Å². The monoisotopic (exact) mass is 476 g/mol. The largest absolute Gasteiger partial charge is 0.237 e. The van der Waals surface area contributed by atoms with Gasteiger partial charge in [-0.15, -0.1) is 32.9 Å². The minimum atomic E-state index is 0.120. The van der Waals surface area contributed by atoms with Crippen LogP contribution in [-0.2, 0) is 0 Å². The summed E-state index contributed by atoms with van der Waals surface area (Å²) in [6, 6.07) is 20.4. The van der Waals surface area contributed by atoms with Crippen molar-refractivity contribution in [3.8, 4) is 11.3 Å². The molecule has 0 saturated carbocycles. The molecule has 0 amide bonds. The van der Waals surface area contributed by atoms with E-state index in [0.717, 1.165) is 29.2 Å². The van der Waals surface area contributed by atoms with Gasteiger partial charge in [0.05, 0.1) is 17.4 Å². The number of aryl methyl sites for hydroxylation is 2. The van der Waals surface area contributed by atoms with E-state index in [2.05, 4.69) is 60.5 Å². The molecule has 0 bridgehead atoms. The molecule has 160 valence electrons. The standard InChI is InChI=1S/C25H21ClN4S2/c1-16-3-10-21(31-16)11-9-20-15-23(24-13-4-17(2)32-24)30(29-20)25-14-12-22(27-28-25)18-5-7-19(26)8-6-18/h3-14,23H,15H2,1-2H3/b11-9+. The summed E-state index contributed by atoms with van der Waals surface area (Å²) in [6.07, 6.45) is 5.10. The highest BCUT2D eigenvalue weighted by molar-refractivity contribution is 7.12. The summed E-state index contributed by atoms with van der Waals surface area (Å²) in [5.74, 6) is 0.745. The number of benzene rings is 1. The van der Waals surface area contributed by atoms with E-state index in [1.807, 2.05) is 41.4 Å². The SMILES string of the molecule is Cc1ccc(/C=C/C2=NN(c3ccc(-c4ccc(Cl)cc4)nn3)C(c3ccc(C)s3)C2)s1. The molecule has 3 aromatic heterocycles. The first-order valence-electron chi connectivity index (χ1n) is 10.3.